The van der Waals surface area contributed by atoms with Crippen molar-refractivity contribution in [3.05, 3.63) is 35.4 Å². The maximum atomic E-state index is 11.2. The second-order valence-electron chi connectivity index (χ2n) is 3.71. The molecule has 0 fully saturated rings. The molecule has 0 saturated heterocycles. The molecular weight excluding hydrogens is 190 g/mol. The SMILES string of the molecule is CC(O)CCc1ccc(C(=O)CN)cc1. The van der Waals surface area contributed by atoms with E-state index in [-0.39, 0.29) is 18.4 Å². The summed E-state index contributed by atoms with van der Waals surface area (Å²) in [6.07, 6.45) is 1.29. The molecular formula is C12H17NO2. The summed E-state index contributed by atoms with van der Waals surface area (Å²) in [6, 6.07) is 7.38. The number of hydrogen-bond donors (Lipinski definition) is 2. The zero-order valence-electron chi connectivity index (χ0n) is 8.94. The van der Waals surface area contributed by atoms with Gasteiger partial charge in [0.05, 0.1) is 12.6 Å². The van der Waals surface area contributed by atoms with Crippen molar-refractivity contribution >= 4 is 5.78 Å². The van der Waals surface area contributed by atoms with Gasteiger partial charge in [-0.2, -0.15) is 0 Å². The van der Waals surface area contributed by atoms with Crippen LogP contribution in [0.4, 0.5) is 0 Å². The summed E-state index contributed by atoms with van der Waals surface area (Å²) in [7, 11) is 0. The monoisotopic (exact) mass is 207 g/mol. The number of hydrogen-bond acceptors (Lipinski definition) is 3. The van der Waals surface area contributed by atoms with E-state index in [2.05, 4.69) is 0 Å². The minimum absolute atomic E-state index is 0.0444. The third kappa shape index (κ3) is 3.81. The highest BCUT2D eigenvalue weighted by molar-refractivity contribution is 5.97. The Balaban J connectivity index is 2.60. The number of ketones is 1. The molecule has 1 unspecified atom stereocenters. The predicted octanol–water partition coefficient (Wildman–Crippen LogP) is 1.14. The molecule has 1 aromatic carbocycles. The standard InChI is InChI=1S/C12H17NO2/c1-9(14)2-3-10-4-6-11(7-5-10)12(15)8-13/h4-7,9,14H,2-3,8,13H2,1H3. The molecule has 82 valence electrons. The van der Waals surface area contributed by atoms with Gasteiger partial charge in [0, 0.05) is 5.56 Å². The van der Waals surface area contributed by atoms with Crippen LogP contribution in [-0.4, -0.2) is 23.5 Å². The van der Waals surface area contributed by atoms with E-state index in [1.807, 2.05) is 12.1 Å². The van der Waals surface area contributed by atoms with Crippen molar-refractivity contribution < 1.29 is 9.90 Å². The summed E-state index contributed by atoms with van der Waals surface area (Å²) < 4.78 is 0. The van der Waals surface area contributed by atoms with Gasteiger partial charge in [-0.25, -0.2) is 0 Å². The Hall–Kier alpha value is -1.19. The van der Waals surface area contributed by atoms with Gasteiger partial charge >= 0.3 is 0 Å². The second kappa shape index (κ2) is 5.63. The maximum Gasteiger partial charge on any atom is 0.176 e. The van der Waals surface area contributed by atoms with E-state index in [9.17, 15) is 4.79 Å². The van der Waals surface area contributed by atoms with E-state index in [4.69, 9.17) is 10.8 Å². The van der Waals surface area contributed by atoms with Gasteiger partial charge in [0.1, 0.15) is 0 Å². The summed E-state index contributed by atoms with van der Waals surface area (Å²) in [6.45, 7) is 1.82. The quantitative estimate of drug-likeness (QED) is 0.712. The van der Waals surface area contributed by atoms with Gasteiger partial charge in [0.15, 0.2) is 5.78 Å². The molecule has 3 heteroatoms. The lowest BCUT2D eigenvalue weighted by molar-refractivity contribution is 0.100. The second-order valence-corrected chi connectivity index (χ2v) is 3.71. The molecule has 0 saturated carbocycles. The van der Waals surface area contributed by atoms with E-state index in [1.165, 1.54) is 0 Å². The van der Waals surface area contributed by atoms with Gasteiger partial charge in [-0.3, -0.25) is 4.79 Å². The molecule has 0 heterocycles. The van der Waals surface area contributed by atoms with Crippen molar-refractivity contribution in [2.24, 2.45) is 5.73 Å². The fourth-order valence-electron chi connectivity index (χ4n) is 1.35. The summed E-state index contributed by atoms with van der Waals surface area (Å²) in [4.78, 5) is 11.2. The Labute approximate surface area is 89.9 Å². The van der Waals surface area contributed by atoms with Crippen molar-refractivity contribution in [1.82, 2.24) is 0 Å². The largest absolute Gasteiger partial charge is 0.393 e. The Morgan fingerprint density at radius 3 is 2.47 bits per heavy atom. The highest BCUT2D eigenvalue weighted by atomic mass is 16.3. The first-order valence-electron chi connectivity index (χ1n) is 5.13. The fraction of sp³-hybridized carbons (Fsp3) is 0.417. The predicted molar refractivity (Wildman–Crippen MR) is 59.8 cm³/mol. The number of aliphatic hydroxyl groups is 1. The number of nitrogens with two attached hydrogens (primary N) is 1. The van der Waals surface area contributed by atoms with Crippen LogP contribution in [0.2, 0.25) is 0 Å². The highest BCUT2D eigenvalue weighted by Gasteiger charge is 2.03. The number of carbonyl (C=O) groups excluding carboxylic acids is 1. The van der Waals surface area contributed by atoms with Gasteiger partial charge in [-0.15, -0.1) is 0 Å². The molecule has 0 aliphatic heterocycles. The molecule has 0 radical (unpaired) electrons. The number of aryl methyl sites for hydroxylation is 1. The number of rotatable bonds is 5. The lowest BCUT2D eigenvalue weighted by Crippen LogP contribution is -2.13. The Morgan fingerprint density at radius 1 is 1.40 bits per heavy atom. The Kier molecular flexibility index (Phi) is 4.46. The van der Waals surface area contributed by atoms with Crippen LogP contribution in [0.1, 0.15) is 29.3 Å². The average molecular weight is 207 g/mol. The highest BCUT2D eigenvalue weighted by Crippen LogP contribution is 2.08. The fourth-order valence-corrected chi connectivity index (χ4v) is 1.35. The van der Waals surface area contributed by atoms with Crippen LogP contribution in [0.3, 0.4) is 0 Å². The normalized spacial score (nSPS) is 12.5. The molecule has 1 atom stereocenters. The Bertz CT molecular complexity index is 317. The number of benzene rings is 1. The first kappa shape index (κ1) is 11.9. The van der Waals surface area contributed by atoms with Crippen LogP contribution >= 0.6 is 0 Å². The summed E-state index contributed by atoms with van der Waals surface area (Å²) in [5.41, 5.74) is 7.04. The average Bonchev–Trinajstić information content (AvgIpc) is 2.26. The molecule has 0 amide bonds. The van der Waals surface area contributed by atoms with Gasteiger partial charge < -0.3 is 10.8 Å². The van der Waals surface area contributed by atoms with E-state index < -0.39 is 0 Å². The smallest absolute Gasteiger partial charge is 0.176 e. The number of carbonyl (C=O) groups is 1. The zero-order valence-corrected chi connectivity index (χ0v) is 8.94. The molecule has 3 N–H and O–H groups in total. The van der Waals surface area contributed by atoms with Crippen LogP contribution in [-0.2, 0) is 6.42 Å². The van der Waals surface area contributed by atoms with Gasteiger partial charge in [0.2, 0.25) is 0 Å². The van der Waals surface area contributed by atoms with Crippen molar-refractivity contribution in [3.8, 4) is 0 Å². The summed E-state index contributed by atoms with van der Waals surface area (Å²) in [5.74, 6) is -0.0444. The minimum Gasteiger partial charge on any atom is -0.393 e. The van der Waals surface area contributed by atoms with Crippen molar-refractivity contribution in [3.63, 3.8) is 0 Å². The topological polar surface area (TPSA) is 63.3 Å². The molecule has 0 aromatic heterocycles. The van der Waals surface area contributed by atoms with Crippen LogP contribution in [0, 0.1) is 0 Å². The number of Topliss-reactive ketones (excluding diaryl/α,β-unsaturated/α-hetero) is 1. The lowest BCUT2D eigenvalue weighted by Gasteiger charge is -2.04. The first-order chi connectivity index (χ1) is 7.13. The lowest BCUT2D eigenvalue weighted by atomic mass is 10.0. The minimum atomic E-state index is -0.282. The van der Waals surface area contributed by atoms with Crippen molar-refractivity contribution in [2.75, 3.05) is 6.54 Å². The van der Waals surface area contributed by atoms with Crippen LogP contribution in [0.25, 0.3) is 0 Å². The van der Waals surface area contributed by atoms with E-state index in [1.54, 1.807) is 19.1 Å². The molecule has 1 rings (SSSR count). The van der Waals surface area contributed by atoms with Gasteiger partial charge in [-0.05, 0) is 25.3 Å². The van der Waals surface area contributed by atoms with Crippen molar-refractivity contribution in [1.29, 1.82) is 0 Å². The summed E-state index contributed by atoms with van der Waals surface area (Å²) >= 11 is 0. The van der Waals surface area contributed by atoms with E-state index in [0.29, 0.717) is 5.56 Å². The molecule has 1 aromatic rings. The Morgan fingerprint density at radius 2 is 2.00 bits per heavy atom. The molecule has 15 heavy (non-hydrogen) atoms. The third-order valence-electron chi connectivity index (χ3n) is 2.31. The maximum absolute atomic E-state index is 11.2. The molecule has 3 nitrogen and oxygen atoms in total. The molecule has 0 bridgehead atoms. The van der Waals surface area contributed by atoms with Gasteiger partial charge in [-0.1, -0.05) is 24.3 Å². The van der Waals surface area contributed by atoms with Gasteiger partial charge in [0.25, 0.3) is 0 Å². The van der Waals surface area contributed by atoms with Crippen LogP contribution in [0.15, 0.2) is 24.3 Å². The molecule has 0 aliphatic rings. The van der Waals surface area contributed by atoms with Crippen LogP contribution in [0.5, 0.6) is 0 Å². The number of aliphatic hydroxyl groups excluding tert-OH is 1. The molecule has 0 spiro atoms. The summed E-state index contributed by atoms with van der Waals surface area (Å²) in [5, 5.41) is 9.12. The van der Waals surface area contributed by atoms with Crippen LogP contribution < -0.4 is 5.73 Å². The van der Waals surface area contributed by atoms with E-state index >= 15 is 0 Å². The third-order valence-corrected chi connectivity index (χ3v) is 2.31. The first-order valence-corrected chi connectivity index (χ1v) is 5.13. The van der Waals surface area contributed by atoms with E-state index in [0.717, 1.165) is 18.4 Å². The van der Waals surface area contributed by atoms with Crippen molar-refractivity contribution in [2.45, 2.75) is 25.9 Å². The molecule has 0 aliphatic carbocycles. The zero-order chi connectivity index (χ0) is 11.3.